The van der Waals surface area contributed by atoms with Gasteiger partial charge in [0.2, 0.25) is 0 Å². The fourth-order valence-corrected chi connectivity index (χ4v) is 2.35. The number of hydrogen-bond donors (Lipinski definition) is 1. The number of carbonyl (C=O) groups is 1. The highest BCUT2D eigenvalue weighted by Crippen LogP contribution is 2.16. The molecule has 0 radical (unpaired) electrons. The van der Waals surface area contributed by atoms with Gasteiger partial charge in [-0.15, -0.1) is 0 Å². The maximum atomic E-state index is 12.3. The summed E-state index contributed by atoms with van der Waals surface area (Å²) in [7, 11) is 0. The van der Waals surface area contributed by atoms with E-state index < -0.39 is 6.10 Å². The summed E-state index contributed by atoms with van der Waals surface area (Å²) in [6, 6.07) is 15.4. The van der Waals surface area contributed by atoms with Crippen molar-refractivity contribution in [1.29, 1.82) is 0 Å². The summed E-state index contributed by atoms with van der Waals surface area (Å²) in [4.78, 5) is 12.3. The van der Waals surface area contributed by atoms with Crippen molar-refractivity contribution in [2.24, 2.45) is 0 Å². The SMILES string of the molecule is CCOc1ccc(CNC(=O)C(CC)Oc2cccc(C)c2)cc1. The second-order valence-corrected chi connectivity index (χ2v) is 5.63. The Morgan fingerprint density at radius 1 is 1.08 bits per heavy atom. The van der Waals surface area contributed by atoms with Gasteiger partial charge in [-0.1, -0.05) is 31.2 Å². The van der Waals surface area contributed by atoms with Crippen LogP contribution in [0, 0.1) is 6.92 Å². The average Bonchev–Trinajstić information content (AvgIpc) is 2.59. The predicted octanol–water partition coefficient (Wildman–Crippen LogP) is 3.87. The molecule has 0 heterocycles. The van der Waals surface area contributed by atoms with Crippen LogP contribution in [0.15, 0.2) is 48.5 Å². The molecule has 24 heavy (non-hydrogen) atoms. The molecule has 0 saturated carbocycles. The minimum Gasteiger partial charge on any atom is -0.494 e. The van der Waals surface area contributed by atoms with Gasteiger partial charge in [-0.25, -0.2) is 0 Å². The third-order valence-electron chi connectivity index (χ3n) is 3.63. The molecule has 0 bridgehead atoms. The number of aryl methyl sites for hydroxylation is 1. The van der Waals surface area contributed by atoms with Gasteiger partial charge >= 0.3 is 0 Å². The Morgan fingerprint density at radius 3 is 2.46 bits per heavy atom. The quantitative estimate of drug-likeness (QED) is 0.801. The van der Waals surface area contributed by atoms with Gasteiger partial charge in [0.1, 0.15) is 11.5 Å². The molecule has 0 aromatic heterocycles. The smallest absolute Gasteiger partial charge is 0.261 e. The molecule has 2 aromatic carbocycles. The van der Waals surface area contributed by atoms with Crippen molar-refractivity contribution >= 4 is 5.91 Å². The highest BCUT2D eigenvalue weighted by atomic mass is 16.5. The van der Waals surface area contributed by atoms with Crippen LogP contribution in [0.3, 0.4) is 0 Å². The summed E-state index contributed by atoms with van der Waals surface area (Å²) in [6.45, 7) is 7.01. The first kappa shape index (κ1) is 17.9. The van der Waals surface area contributed by atoms with Crippen LogP contribution in [0.1, 0.15) is 31.4 Å². The molecule has 2 rings (SSSR count). The van der Waals surface area contributed by atoms with Crippen molar-refractivity contribution < 1.29 is 14.3 Å². The fraction of sp³-hybridized carbons (Fsp3) is 0.350. The van der Waals surface area contributed by atoms with Crippen LogP contribution in [-0.2, 0) is 11.3 Å². The van der Waals surface area contributed by atoms with Crippen molar-refractivity contribution in [3.05, 3.63) is 59.7 Å². The maximum Gasteiger partial charge on any atom is 0.261 e. The average molecular weight is 327 g/mol. The van der Waals surface area contributed by atoms with Crippen LogP contribution in [-0.4, -0.2) is 18.6 Å². The van der Waals surface area contributed by atoms with E-state index >= 15 is 0 Å². The molecule has 0 fully saturated rings. The monoisotopic (exact) mass is 327 g/mol. The summed E-state index contributed by atoms with van der Waals surface area (Å²) >= 11 is 0. The van der Waals surface area contributed by atoms with Crippen molar-refractivity contribution in [3.63, 3.8) is 0 Å². The van der Waals surface area contributed by atoms with Gasteiger partial charge in [-0.2, -0.15) is 0 Å². The predicted molar refractivity (Wildman–Crippen MR) is 95.3 cm³/mol. The fourth-order valence-electron chi connectivity index (χ4n) is 2.35. The Balaban J connectivity index is 1.89. The van der Waals surface area contributed by atoms with E-state index in [9.17, 15) is 4.79 Å². The van der Waals surface area contributed by atoms with E-state index in [0.717, 1.165) is 22.6 Å². The molecule has 1 amide bonds. The summed E-state index contributed by atoms with van der Waals surface area (Å²) in [5.74, 6) is 1.45. The van der Waals surface area contributed by atoms with Crippen LogP contribution in [0.25, 0.3) is 0 Å². The second-order valence-electron chi connectivity index (χ2n) is 5.63. The summed E-state index contributed by atoms with van der Waals surface area (Å²) in [5, 5.41) is 2.93. The Kier molecular flexibility index (Phi) is 6.67. The van der Waals surface area contributed by atoms with Crippen molar-refractivity contribution in [2.45, 2.75) is 39.8 Å². The number of benzene rings is 2. The molecule has 4 nitrogen and oxygen atoms in total. The lowest BCUT2D eigenvalue weighted by Crippen LogP contribution is -2.37. The molecule has 128 valence electrons. The van der Waals surface area contributed by atoms with Gasteiger partial charge in [-0.05, 0) is 55.7 Å². The topological polar surface area (TPSA) is 47.6 Å². The highest BCUT2D eigenvalue weighted by molar-refractivity contribution is 5.81. The maximum absolute atomic E-state index is 12.3. The Labute approximate surface area is 143 Å². The molecule has 0 aliphatic carbocycles. The van der Waals surface area contributed by atoms with E-state index in [0.29, 0.717) is 19.6 Å². The van der Waals surface area contributed by atoms with Crippen LogP contribution in [0.4, 0.5) is 0 Å². The van der Waals surface area contributed by atoms with Crippen LogP contribution in [0.2, 0.25) is 0 Å². The molecule has 1 unspecified atom stereocenters. The van der Waals surface area contributed by atoms with E-state index in [2.05, 4.69) is 5.32 Å². The van der Waals surface area contributed by atoms with Gasteiger partial charge in [-0.3, -0.25) is 4.79 Å². The third kappa shape index (κ3) is 5.30. The van der Waals surface area contributed by atoms with E-state index in [1.54, 1.807) is 0 Å². The number of carbonyl (C=O) groups excluding carboxylic acids is 1. The zero-order valence-electron chi connectivity index (χ0n) is 14.5. The number of amides is 1. The number of rotatable bonds is 8. The summed E-state index contributed by atoms with van der Waals surface area (Å²) < 4.78 is 11.2. The Morgan fingerprint density at radius 2 is 1.83 bits per heavy atom. The lowest BCUT2D eigenvalue weighted by atomic mass is 10.2. The molecule has 1 atom stereocenters. The van der Waals surface area contributed by atoms with Crippen molar-refractivity contribution in [2.75, 3.05) is 6.61 Å². The van der Waals surface area contributed by atoms with Gasteiger partial charge in [0, 0.05) is 6.54 Å². The Bertz CT molecular complexity index is 652. The zero-order valence-corrected chi connectivity index (χ0v) is 14.5. The molecule has 1 N–H and O–H groups in total. The summed E-state index contributed by atoms with van der Waals surface area (Å²) in [6.07, 6.45) is 0.123. The van der Waals surface area contributed by atoms with Gasteiger partial charge in [0.05, 0.1) is 6.61 Å². The lowest BCUT2D eigenvalue weighted by molar-refractivity contribution is -0.128. The van der Waals surface area contributed by atoms with Gasteiger partial charge in [0.25, 0.3) is 5.91 Å². The molecule has 2 aromatic rings. The molecule has 0 spiro atoms. The standard InChI is InChI=1S/C20H25NO3/c1-4-19(24-18-8-6-7-15(3)13-18)20(22)21-14-16-9-11-17(12-10-16)23-5-2/h6-13,19H,4-5,14H2,1-3H3,(H,21,22). The highest BCUT2D eigenvalue weighted by Gasteiger charge is 2.18. The molecular formula is C20H25NO3. The van der Waals surface area contributed by atoms with E-state index in [1.165, 1.54) is 0 Å². The molecule has 0 saturated heterocycles. The molecular weight excluding hydrogens is 302 g/mol. The van der Waals surface area contributed by atoms with E-state index in [1.807, 2.05) is 69.3 Å². The van der Waals surface area contributed by atoms with Crippen LogP contribution < -0.4 is 14.8 Å². The summed E-state index contributed by atoms with van der Waals surface area (Å²) in [5.41, 5.74) is 2.13. The molecule has 4 heteroatoms. The zero-order chi connectivity index (χ0) is 17.4. The minimum absolute atomic E-state index is 0.104. The first-order valence-corrected chi connectivity index (χ1v) is 8.35. The van der Waals surface area contributed by atoms with Crippen LogP contribution >= 0.6 is 0 Å². The Hall–Kier alpha value is -2.49. The van der Waals surface area contributed by atoms with Crippen LogP contribution in [0.5, 0.6) is 11.5 Å². The first-order chi connectivity index (χ1) is 11.6. The molecule has 0 aliphatic heterocycles. The van der Waals surface area contributed by atoms with E-state index in [-0.39, 0.29) is 5.91 Å². The lowest BCUT2D eigenvalue weighted by Gasteiger charge is -2.17. The van der Waals surface area contributed by atoms with Crippen molar-refractivity contribution in [3.8, 4) is 11.5 Å². The van der Waals surface area contributed by atoms with Gasteiger partial charge < -0.3 is 14.8 Å². The van der Waals surface area contributed by atoms with Gasteiger partial charge in [0.15, 0.2) is 6.10 Å². The molecule has 0 aliphatic rings. The number of ether oxygens (including phenoxy) is 2. The minimum atomic E-state index is -0.491. The second kappa shape index (κ2) is 8.96. The largest absolute Gasteiger partial charge is 0.494 e. The normalized spacial score (nSPS) is 11.6. The van der Waals surface area contributed by atoms with Crippen molar-refractivity contribution in [1.82, 2.24) is 5.32 Å². The number of nitrogens with one attached hydrogen (secondary N) is 1. The number of hydrogen-bond acceptors (Lipinski definition) is 3. The first-order valence-electron chi connectivity index (χ1n) is 8.35. The van der Waals surface area contributed by atoms with E-state index in [4.69, 9.17) is 9.47 Å². The third-order valence-corrected chi connectivity index (χ3v) is 3.63.